The molecule has 1 aromatic rings. The zero-order valence-corrected chi connectivity index (χ0v) is 17.1. The first kappa shape index (κ1) is 22.2. The van der Waals surface area contributed by atoms with Gasteiger partial charge >= 0.3 is 0 Å². The average Bonchev–Trinajstić information content (AvgIpc) is 3.43. The Bertz CT molecular complexity index is 996. The number of carbonyl (C=O) groups excluding carboxylic acids is 1. The number of aliphatic imine (C=N–C) groups is 1. The van der Waals surface area contributed by atoms with E-state index in [4.69, 9.17) is 33.7 Å². The second kappa shape index (κ2) is 8.31. The topological polar surface area (TPSA) is 89.6 Å². The molecule has 1 fully saturated rings. The van der Waals surface area contributed by atoms with Crippen molar-refractivity contribution in [1.29, 1.82) is 0 Å². The largest absolute Gasteiger partial charge is 0.462 e. The Labute approximate surface area is 180 Å². The van der Waals surface area contributed by atoms with Crippen molar-refractivity contribution in [2.75, 3.05) is 0 Å². The lowest BCUT2D eigenvalue weighted by atomic mass is 9.84. The summed E-state index contributed by atoms with van der Waals surface area (Å²) in [6, 6.07) is 0.928. The Morgan fingerprint density at radius 1 is 1.47 bits per heavy atom. The lowest BCUT2D eigenvalue weighted by Gasteiger charge is -2.33. The Kier molecular flexibility index (Phi) is 6.14. The van der Waals surface area contributed by atoms with Crippen molar-refractivity contribution in [2.45, 2.75) is 31.4 Å². The third-order valence-electron chi connectivity index (χ3n) is 4.78. The molecule has 30 heavy (non-hydrogen) atoms. The smallest absolute Gasteiger partial charge is 0.283 e. The molecular weight excluding hydrogens is 444 g/mol. The van der Waals surface area contributed by atoms with Crippen LogP contribution < -0.4 is 11.1 Å². The number of fused-ring (bicyclic) bond motifs is 1. The number of nitrogens with zero attached hydrogens (tertiary/aromatic N) is 2. The first-order valence-corrected chi connectivity index (χ1v) is 9.48. The summed E-state index contributed by atoms with van der Waals surface area (Å²) < 4.78 is 47.6. The van der Waals surface area contributed by atoms with Crippen LogP contribution in [0.5, 0.6) is 0 Å². The van der Waals surface area contributed by atoms with Gasteiger partial charge in [0.2, 0.25) is 0 Å². The zero-order valence-electron chi connectivity index (χ0n) is 15.6. The lowest BCUT2D eigenvalue weighted by molar-refractivity contribution is 0.0424. The number of pyridine rings is 1. The Morgan fingerprint density at radius 2 is 2.17 bits per heavy atom. The molecule has 1 saturated carbocycles. The normalized spacial score (nSPS) is 25.9. The first-order chi connectivity index (χ1) is 14.1. The van der Waals surface area contributed by atoms with Crippen LogP contribution in [0.25, 0.3) is 0 Å². The second-order valence-corrected chi connectivity index (χ2v) is 7.70. The van der Waals surface area contributed by atoms with Crippen molar-refractivity contribution in [1.82, 2.24) is 10.3 Å². The van der Waals surface area contributed by atoms with Gasteiger partial charge in [-0.3, -0.25) is 4.79 Å². The summed E-state index contributed by atoms with van der Waals surface area (Å²) in [7, 11) is 0. The van der Waals surface area contributed by atoms with Crippen LogP contribution in [-0.2, 0) is 4.74 Å². The molecule has 1 aromatic heterocycles. The van der Waals surface area contributed by atoms with E-state index in [0.29, 0.717) is 0 Å². The highest BCUT2D eigenvalue weighted by atomic mass is 35.5. The SMILES string of the molecule is C=C(/C(F)=C\C=C(/C)NC(=O)c1ncc(Cl)cc1Cl)[C@@]1(C(F)F)N=C(N)O[C@@H]2CC21. The predicted molar refractivity (Wildman–Crippen MR) is 107 cm³/mol. The fourth-order valence-corrected chi connectivity index (χ4v) is 3.66. The molecule has 2 aliphatic rings. The minimum absolute atomic E-state index is 0.0377. The highest BCUT2D eigenvalue weighted by Gasteiger charge is 2.64. The number of alkyl halides is 2. The molecule has 3 rings (SSSR count). The first-order valence-electron chi connectivity index (χ1n) is 8.72. The van der Waals surface area contributed by atoms with Crippen LogP contribution in [0.2, 0.25) is 10.0 Å². The van der Waals surface area contributed by atoms with Crippen LogP contribution in [0.15, 0.2) is 53.1 Å². The predicted octanol–water partition coefficient (Wildman–Crippen LogP) is 4.17. The quantitative estimate of drug-likeness (QED) is 0.623. The van der Waals surface area contributed by atoms with E-state index >= 15 is 0 Å². The van der Waals surface area contributed by atoms with Crippen LogP contribution in [0.4, 0.5) is 13.2 Å². The third kappa shape index (κ3) is 4.17. The molecule has 0 bridgehead atoms. The number of aromatic nitrogens is 1. The van der Waals surface area contributed by atoms with Crippen molar-refractivity contribution in [3.63, 3.8) is 0 Å². The number of halogens is 5. The number of amidine groups is 1. The summed E-state index contributed by atoms with van der Waals surface area (Å²) in [4.78, 5) is 19.8. The number of allylic oxidation sites excluding steroid dienone is 3. The van der Waals surface area contributed by atoms with Gasteiger partial charge in [0.25, 0.3) is 18.4 Å². The number of carbonyl (C=O) groups is 1. The molecule has 6 nitrogen and oxygen atoms in total. The van der Waals surface area contributed by atoms with Crippen LogP contribution >= 0.6 is 23.2 Å². The molecule has 1 aliphatic heterocycles. The van der Waals surface area contributed by atoms with E-state index in [1.165, 1.54) is 25.3 Å². The van der Waals surface area contributed by atoms with Crippen molar-refractivity contribution in [3.05, 3.63) is 63.8 Å². The maximum Gasteiger partial charge on any atom is 0.283 e. The molecule has 2 heterocycles. The summed E-state index contributed by atoms with van der Waals surface area (Å²) in [5, 5.41) is 2.76. The van der Waals surface area contributed by atoms with Gasteiger partial charge in [-0.15, -0.1) is 0 Å². The summed E-state index contributed by atoms with van der Waals surface area (Å²) in [5.74, 6) is -2.38. The van der Waals surface area contributed by atoms with Gasteiger partial charge in [0, 0.05) is 23.4 Å². The Hall–Kier alpha value is -2.52. The molecule has 1 unspecified atom stereocenters. The maximum atomic E-state index is 14.7. The van der Waals surface area contributed by atoms with Gasteiger partial charge < -0.3 is 15.8 Å². The van der Waals surface area contributed by atoms with E-state index < -0.39 is 47.3 Å². The number of amides is 1. The summed E-state index contributed by atoms with van der Waals surface area (Å²) in [5.41, 5.74) is 2.93. The number of hydrogen-bond donors (Lipinski definition) is 2. The molecular formula is C19H17Cl2F3N4O2. The Balaban J connectivity index is 1.77. The van der Waals surface area contributed by atoms with E-state index in [9.17, 15) is 18.0 Å². The minimum Gasteiger partial charge on any atom is -0.462 e. The number of ether oxygens (including phenoxy) is 1. The molecule has 0 radical (unpaired) electrons. The van der Waals surface area contributed by atoms with Gasteiger partial charge in [0.05, 0.1) is 10.0 Å². The molecule has 1 aliphatic carbocycles. The van der Waals surface area contributed by atoms with Gasteiger partial charge in [-0.1, -0.05) is 29.8 Å². The Morgan fingerprint density at radius 3 is 2.80 bits per heavy atom. The van der Waals surface area contributed by atoms with Gasteiger partial charge in [-0.25, -0.2) is 23.1 Å². The van der Waals surface area contributed by atoms with Crippen molar-refractivity contribution < 1.29 is 22.7 Å². The molecule has 0 aromatic carbocycles. The maximum absolute atomic E-state index is 14.7. The second-order valence-electron chi connectivity index (χ2n) is 6.86. The number of nitrogens with two attached hydrogens (primary N) is 1. The van der Waals surface area contributed by atoms with Crippen LogP contribution in [0.1, 0.15) is 23.8 Å². The average molecular weight is 461 g/mol. The van der Waals surface area contributed by atoms with E-state index in [2.05, 4.69) is 21.9 Å². The van der Waals surface area contributed by atoms with Crippen LogP contribution in [-0.4, -0.2) is 35.0 Å². The van der Waals surface area contributed by atoms with E-state index in [0.717, 1.165) is 6.08 Å². The molecule has 0 saturated heterocycles. The van der Waals surface area contributed by atoms with Gasteiger partial charge in [0.15, 0.2) is 5.54 Å². The highest BCUT2D eigenvalue weighted by molar-refractivity contribution is 6.36. The molecule has 11 heteroatoms. The molecule has 1 amide bonds. The summed E-state index contributed by atoms with van der Waals surface area (Å²) >= 11 is 11.7. The third-order valence-corrected chi connectivity index (χ3v) is 5.28. The fourth-order valence-electron chi connectivity index (χ4n) is 3.20. The molecule has 3 N–H and O–H groups in total. The van der Waals surface area contributed by atoms with Gasteiger partial charge in [-0.2, -0.15) is 0 Å². The summed E-state index contributed by atoms with van der Waals surface area (Å²) in [6.45, 7) is 4.96. The van der Waals surface area contributed by atoms with Crippen LogP contribution in [0.3, 0.4) is 0 Å². The monoisotopic (exact) mass is 460 g/mol. The lowest BCUT2D eigenvalue weighted by Crippen LogP contribution is -2.46. The van der Waals surface area contributed by atoms with Crippen molar-refractivity contribution in [2.24, 2.45) is 16.6 Å². The zero-order chi connectivity index (χ0) is 22.2. The van der Waals surface area contributed by atoms with Gasteiger partial charge in [-0.05, 0) is 31.6 Å². The number of nitrogens with one attached hydrogen (secondary N) is 1. The molecule has 0 spiro atoms. The number of rotatable bonds is 6. The standard InChI is InChI=1S/C19H17Cl2F3N4O2/c1-8(27-16(29)15-12(21)5-10(20)7-26-15)3-4-13(22)9(2)19(17(23)24)11-6-14(11)30-18(25)28-19/h3-5,7,11,14,17H,2,6H2,1H3,(H2,25,28)(H,27,29)/b8-3+,13-4+/t11?,14-,19-/m1/s1. The van der Waals surface area contributed by atoms with E-state index in [1.807, 2.05) is 0 Å². The molecule has 3 atom stereocenters. The van der Waals surface area contributed by atoms with E-state index in [-0.39, 0.29) is 27.9 Å². The number of hydrogen-bond acceptors (Lipinski definition) is 5. The van der Waals surface area contributed by atoms with E-state index in [1.54, 1.807) is 0 Å². The summed E-state index contributed by atoms with van der Waals surface area (Å²) in [6.07, 6.45) is 0.0785. The minimum atomic E-state index is -3.02. The van der Waals surface area contributed by atoms with Crippen molar-refractivity contribution >= 4 is 35.1 Å². The van der Waals surface area contributed by atoms with Gasteiger partial charge in [0.1, 0.15) is 17.6 Å². The van der Waals surface area contributed by atoms with Crippen LogP contribution in [0, 0.1) is 5.92 Å². The molecule has 160 valence electrons. The van der Waals surface area contributed by atoms with Crippen molar-refractivity contribution in [3.8, 4) is 0 Å². The highest BCUT2D eigenvalue weighted by Crippen LogP contribution is 2.54. The fraction of sp³-hybridized carbons (Fsp3) is 0.316.